The fraction of sp³-hybridized carbons (Fsp3) is 0.381. The van der Waals surface area contributed by atoms with Gasteiger partial charge in [0.05, 0.1) is 26.9 Å². The number of ether oxygens (including phenoxy) is 4. The van der Waals surface area contributed by atoms with Gasteiger partial charge in [0, 0.05) is 6.54 Å². The van der Waals surface area contributed by atoms with E-state index < -0.39 is 11.8 Å². The van der Waals surface area contributed by atoms with Crippen molar-refractivity contribution in [2.75, 3.05) is 21.3 Å². The van der Waals surface area contributed by atoms with Crippen LogP contribution in [0.4, 0.5) is 0 Å². The average molecular weight is 371 g/mol. The van der Waals surface area contributed by atoms with Crippen LogP contribution in [0, 0.1) is 0 Å². The topological polar surface area (TPSA) is 57.2 Å². The van der Waals surface area contributed by atoms with Gasteiger partial charge in [0.1, 0.15) is 22.8 Å². The second-order valence-electron chi connectivity index (χ2n) is 6.84. The molecule has 1 amide bonds. The molecule has 1 saturated heterocycles. The fourth-order valence-corrected chi connectivity index (χ4v) is 3.27. The molecule has 0 bridgehead atoms. The minimum absolute atomic E-state index is 0.0868. The lowest BCUT2D eigenvalue weighted by Crippen LogP contribution is -2.35. The summed E-state index contributed by atoms with van der Waals surface area (Å²) >= 11 is 0. The first-order valence-electron chi connectivity index (χ1n) is 8.74. The van der Waals surface area contributed by atoms with E-state index in [-0.39, 0.29) is 5.91 Å². The van der Waals surface area contributed by atoms with E-state index in [1.807, 2.05) is 42.5 Å². The molecule has 1 unspecified atom stereocenters. The van der Waals surface area contributed by atoms with E-state index in [4.69, 9.17) is 18.9 Å². The summed E-state index contributed by atoms with van der Waals surface area (Å²) in [4.78, 5) is 14.7. The van der Waals surface area contributed by atoms with E-state index in [0.717, 1.165) is 11.3 Å². The van der Waals surface area contributed by atoms with E-state index in [1.54, 1.807) is 40.1 Å². The highest BCUT2D eigenvalue weighted by Gasteiger charge is 2.48. The van der Waals surface area contributed by atoms with Crippen molar-refractivity contribution in [1.29, 1.82) is 0 Å². The van der Waals surface area contributed by atoms with Crippen LogP contribution < -0.4 is 14.2 Å². The van der Waals surface area contributed by atoms with Gasteiger partial charge in [0.15, 0.2) is 6.23 Å². The van der Waals surface area contributed by atoms with Crippen LogP contribution in [0.3, 0.4) is 0 Å². The van der Waals surface area contributed by atoms with E-state index in [9.17, 15) is 4.79 Å². The highest BCUT2D eigenvalue weighted by atomic mass is 16.6. The zero-order valence-corrected chi connectivity index (χ0v) is 16.3. The minimum Gasteiger partial charge on any atom is -0.497 e. The van der Waals surface area contributed by atoms with E-state index in [2.05, 4.69) is 0 Å². The summed E-state index contributed by atoms with van der Waals surface area (Å²) < 4.78 is 22.4. The van der Waals surface area contributed by atoms with Gasteiger partial charge in [-0.3, -0.25) is 4.79 Å². The van der Waals surface area contributed by atoms with Crippen LogP contribution in [0.15, 0.2) is 42.5 Å². The molecule has 2 aromatic carbocycles. The Morgan fingerprint density at radius 2 is 1.56 bits per heavy atom. The van der Waals surface area contributed by atoms with Gasteiger partial charge in [-0.1, -0.05) is 18.2 Å². The molecule has 27 heavy (non-hydrogen) atoms. The van der Waals surface area contributed by atoms with Crippen molar-refractivity contribution in [1.82, 2.24) is 4.90 Å². The maximum absolute atomic E-state index is 13.0. The number of nitrogens with zero attached hydrogens (tertiary/aromatic N) is 1. The van der Waals surface area contributed by atoms with Gasteiger partial charge in [-0.2, -0.15) is 0 Å². The number of carbonyl (C=O) groups is 1. The molecule has 1 aliphatic rings. The Hall–Kier alpha value is -2.73. The molecule has 144 valence electrons. The van der Waals surface area contributed by atoms with Crippen molar-refractivity contribution in [3.8, 4) is 17.2 Å². The number of benzene rings is 2. The third-order valence-corrected chi connectivity index (χ3v) is 4.69. The SMILES string of the molecule is COc1ccc(CN2C(=O)C(C)(C)OC2c2c(OC)cccc2OC)cc1. The Bertz CT molecular complexity index is 794. The molecule has 0 saturated carbocycles. The summed E-state index contributed by atoms with van der Waals surface area (Å²) in [6.07, 6.45) is -0.610. The Kier molecular flexibility index (Phi) is 5.28. The molecule has 1 aliphatic heterocycles. The van der Waals surface area contributed by atoms with Crippen LogP contribution in [0.1, 0.15) is 31.2 Å². The number of hydrogen-bond donors (Lipinski definition) is 0. The molecule has 1 heterocycles. The van der Waals surface area contributed by atoms with Crippen LogP contribution in [0.5, 0.6) is 17.2 Å². The quantitative estimate of drug-likeness (QED) is 0.777. The smallest absolute Gasteiger partial charge is 0.256 e. The molecule has 1 fully saturated rings. The lowest BCUT2D eigenvalue weighted by molar-refractivity contribution is -0.134. The van der Waals surface area contributed by atoms with Crippen molar-refractivity contribution in [3.05, 3.63) is 53.6 Å². The molecule has 3 rings (SSSR count). The van der Waals surface area contributed by atoms with Gasteiger partial charge in [-0.15, -0.1) is 0 Å². The minimum atomic E-state index is -0.941. The molecular weight excluding hydrogens is 346 g/mol. The second-order valence-corrected chi connectivity index (χ2v) is 6.84. The van der Waals surface area contributed by atoms with Crippen LogP contribution in [-0.4, -0.2) is 37.7 Å². The first-order chi connectivity index (χ1) is 12.9. The van der Waals surface area contributed by atoms with E-state index in [1.165, 1.54) is 0 Å². The monoisotopic (exact) mass is 371 g/mol. The fourth-order valence-electron chi connectivity index (χ4n) is 3.27. The summed E-state index contributed by atoms with van der Waals surface area (Å²) in [6.45, 7) is 3.95. The molecule has 1 atom stereocenters. The zero-order chi connectivity index (χ0) is 19.6. The maximum Gasteiger partial charge on any atom is 0.256 e. The molecule has 6 heteroatoms. The molecule has 2 aromatic rings. The third kappa shape index (κ3) is 3.57. The van der Waals surface area contributed by atoms with Gasteiger partial charge < -0.3 is 23.8 Å². The Morgan fingerprint density at radius 1 is 0.963 bits per heavy atom. The average Bonchev–Trinajstić information content (AvgIpc) is 2.91. The van der Waals surface area contributed by atoms with Gasteiger partial charge in [-0.25, -0.2) is 0 Å². The summed E-state index contributed by atoms with van der Waals surface area (Å²) in [5, 5.41) is 0. The van der Waals surface area contributed by atoms with Gasteiger partial charge >= 0.3 is 0 Å². The first kappa shape index (κ1) is 19.0. The molecule has 0 aromatic heterocycles. The lowest BCUT2D eigenvalue weighted by Gasteiger charge is -2.26. The van der Waals surface area contributed by atoms with Crippen molar-refractivity contribution in [2.45, 2.75) is 32.2 Å². The second kappa shape index (κ2) is 7.48. The Morgan fingerprint density at radius 3 is 2.07 bits per heavy atom. The highest BCUT2D eigenvalue weighted by molar-refractivity contribution is 5.86. The zero-order valence-electron chi connectivity index (χ0n) is 16.3. The Labute approximate surface area is 159 Å². The van der Waals surface area contributed by atoms with Crippen LogP contribution in [0.2, 0.25) is 0 Å². The van der Waals surface area contributed by atoms with Crippen molar-refractivity contribution >= 4 is 5.91 Å². The maximum atomic E-state index is 13.0. The molecule has 0 N–H and O–H groups in total. The first-order valence-corrected chi connectivity index (χ1v) is 8.74. The van der Waals surface area contributed by atoms with Crippen LogP contribution >= 0.6 is 0 Å². The predicted octanol–water partition coefficient (Wildman–Crippen LogP) is 3.55. The molecule has 0 radical (unpaired) electrons. The predicted molar refractivity (Wildman–Crippen MR) is 101 cm³/mol. The number of hydrogen-bond acceptors (Lipinski definition) is 5. The lowest BCUT2D eigenvalue weighted by atomic mass is 10.1. The number of carbonyl (C=O) groups excluding carboxylic acids is 1. The molecule has 0 spiro atoms. The van der Waals surface area contributed by atoms with E-state index in [0.29, 0.717) is 23.6 Å². The number of rotatable bonds is 6. The molecule has 0 aliphatic carbocycles. The summed E-state index contributed by atoms with van der Waals surface area (Å²) in [7, 11) is 4.81. The van der Waals surface area contributed by atoms with Crippen molar-refractivity contribution in [2.24, 2.45) is 0 Å². The van der Waals surface area contributed by atoms with E-state index >= 15 is 0 Å². The third-order valence-electron chi connectivity index (χ3n) is 4.69. The van der Waals surface area contributed by atoms with Crippen molar-refractivity contribution < 1.29 is 23.7 Å². The summed E-state index contributed by atoms with van der Waals surface area (Å²) in [5.74, 6) is 1.91. The van der Waals surface area contributed by atoms with Gasteiger partial charge in [-0.05, 0) is 43.7 Å². The van der Waals surface area contributed by atoms with Gasteiger partial charge in [0.2, 0.25) is 0 Å². The largest absolute Gasteiger partial charge is 0.497 e. The van der Waals surface area contributed by atoms with Crippen LogP contribution in [0.25, 0.3) is 0 Å². The Balaban J connectivity index is 2.01. The highest BCUT2D eigenvalue weighted by Crippen LogP contribution is 2.45. The normalized spacial score (nSPS) is 18.5. The molecule has 6 nitrogen and oxygen atoms in total. The van der Waals surface area contributed by atoms with Crippen molar-refractivity contribution in [3.63, 3.8) is 0 Å². The number of amides is 1. The molecular formula is C21H25NO5. The standard InChI is InChI=1S/C21H25NO5/c1-21(2)20(23)22(13-14-9-11-15(24-3)12-10-14)19(27-21)18-16(25-4)7-6-8-17(18)26-5/h6-12,19H,13H2,1-5H3. The summed E-state index contributed by atoms with van der Waals surface area (Å²) in [6, 6.07) is 13.1. The van der Waals surface area contributed by atoms with Crippen LogP contribution in [-0.2, 0) is 16.1 Å². The van der Waals surface area contributed by atoms with Gasteiger partial charge in [0.25, 0.3) is 5.91 Å². The summed E-state index contributed by atoms with van der Waals surface area (Å²) in [5.41, 5.74) is 0.738. The number of methoxy groups -OCH3 is 3.